The Kier molecular flexibility index (Phi) is 7.46. The first-order valence-corrected chi connectivity index (χ1v) is 7.20. The van der Waals surface area contributed by atoms with Crippen LogP contribution in [0.5, 0.6) is 0 Å². The third-order valence-electron chi connectivity index (χ3n) is 2.82. The van der Waals surface area contributed by atoms with Crippen LogP contribution < -0.4 is 5.32 Å². The van der Waals surface area contributed by atoms with Crippen LogP contribution in [0, 0.1) is 0 Å². The second kappa shape index (κ2) is 8.58. The van der Waals surface area contributed by atoms with E-state index in [9.17, 15) is 0 Å². The summed E-state index contributed by atoms with van der Waals surface area (Å²) in [6, 6.07) is 9.33. The third-order valence-corrected chi connectivity index (χ3v) is 3.25. The number of nitrogens with one attached hydrogen (secondary N) is 1. The molecule has 2 nitrogen and oxygen atoms in total. The number of benzene rings is 1. The topological polar surface area (TPSA) is 25.2 Å². The molecule has 0 aliphatic rings. The van der Waals surface area contributed by atoms with Gasteiger partial charge >= 0.3 is 0 Å². The summed E-state index contributed by atoms with van der Waals surface area (Å²) >= 11 is 12.0. The molecule has 0 radical (unpaired) electrons. The molecular formula is C15H18Cl3NO. The number of rotatable bonds is 6. The van der Waals surface area contributed by atoms with Gasteiger partial charge in [-0.15, -0.1) is 12.4 Å². The largest absolute Gasteiger partial charge is 0.460 e. The number of unbranched alkanes of at least 4 members (excludes halogenated alkanes) is 1. The van der Waals surface area contributed by atoms with Crippen molar-refractivity contribution in [1.82, 2.24) is 5.32 Å². The standard InChI is InChI=1S/C15H17Cl2NO.ClH/c1-2-3-6-18-10-14-4-5-15(19-14)11-7-12(16)9-13(17)8-11;/h4-5,7-9,18H,2-3,6,10H2,1H3;1H. The van der Waals surface area contributed by atoms with Gasteiger partial charge in [0.1, 0.15) is 11.5 Å². The number of furan rings is 1. The van der Waals surface area contributed by atoms with E-state index in [4.69, 9.17) is 27.6 Å². The van der Waals surface area contributed by atoms with Crippen LogP contribution >= 0.6 is 35.6 Å². The van der Waals surface area contributed by atoms with Crippen molar-refractivity contribution in [2.24, 2.45) is 0 Å². The Balaban J connectivity index is 0.00000200. The van der Waals surface area contributed by atoms with Crippen LogP contribution in [-0.2, 0) is 6.54 Å². The van der Waals surface area contributed by atoms with Crippen molar-refractivity contribution in [2.45, 2.75) is 26.3 Å². The van der Waals surface area contributed by atoms with Gasteiger partial charge < -0.3 is 9.73 Å². The number of hydrogen-bond donors (Lipinski definition) is 1. The molecule has 2 rings (SSSR count). The summed E-state index contributed by atoms with van der Waals surface area (Å²) in [5.41, 5.74) is 0.900. The lowest BCUT2D eigenvalue weighted by molar-refractivity contribution is 0.490. The normalized spacial score (nSPS) is 10.3. The first-order chi connectivity index (χ1) is 9.19. The molecule has 1 N–H and O–H groups in total. The quantitative estimate of drug-likeness (QED) is 0.699. The zero-order valence-corrected chi connectivity index (χ0v) is 13.6. The van der Waals surface area contributed by atoms with Gasteiger partial charge in [0.05, 0.1) is 6.54 Å². The van der Waals surface area contributed by atoms with E-state index in [-0.39, 0.29) is 12.4 Å². The van der Waals surface area contributed by atoms with Crippen molar-refractivity contribution >= 4 is 35.6 Å². The molecule has 0 saturated carbocycles. The monoisotopic (exact) mass is 333 g/mol. The molecule has 0 aliphatic carbocycles. The summed E-state index contributed by atoms with van der Waals surface area (Å²) in [5, 5.41) is 4.57. The van der Waals surface area contributed by atoms with E-state index in [2.05, 4.69) is 12.2 Å². The zero-order valence-electron chi connectivity index (χ0n) is 11.3. The molecule has 110 valence electrons. The van der Waals surface area contributed by atoms with Gasteiger partial charge in [0.15, 0.2) is 0 Å². The van der Waals surface area contributed by atoms with Crippen LogP contribution in [0.1, 0.15) is 25.5 Å². The van der Waals surface area contributed by atoms with E-state index >= 15 is 0 Å². The maximum atomic E-state index is 5.99. The molecule has 0 bridgehead atoms. The zero-order chi connectivity index (χ0) is 13.7. The summed E-state index contributed by atoms with van der Waals surface area (Å²) in [6.07, 6.45) is 2.37. The van der Waals surface area contributed by atoms with Crippen LogP contribution in [0.4, 0.5) is 0 Å². The Hall–Kier alpha value is -0.670. The van der Waals surface area contributed by atoms with Crippen LogP contribution in [0.25, 0.3) is 11.3 Å². The highest BCUT2D eigenvalue weighted by molar-refractivity contribution is 6.35. The SMILES string of the molecule is CCCCNCc1ccc(-c2cc(Cl)cc(Cl)c2)o1.Cl. The van der Waals surface area contributed by atoms with E-state index in [1.54, 1.807) is 6.07 Å². The minimum absolute atomic E-state index is 0. The Morgan fingerprint density at radius 1 is 1.10 bits per heavy atom. The fraction of sp³-hybridized carbons (Fsp3) is 0.333. The highest BCUT2D eigenvalue weighted by Crippen LogP contribution is 2.28. The predicted octanol–water partition coefficient (Wildman–Crippen LogP) is 5.56. The summed E-state index contributed by atoms with van der Waals surface area (Å²) in [6.45, 7) is 3.93. The van der Waals surface area contributed by atoms with Crippen molar-refractivity contribution in [3.05, 3.63) is 46.1 Å². The van der Waals surface area contributed by atoms with Crippen molar-refractivity contribution in [3.63, 3.8) is 0 Å². The lowest BCUT2D eigenvalue weighted by Gasteiger charge is -2.02. The lowest BCUT2D eigenvalue weighted by atomic mass is 10.2. The summed E-state index contributed by atoms with van der Waals surface area (Å²) < 4.78 is 5.78. The Morgan fingerprint density at radius 3 is 2.45 bits per heavy atom. The molecule has 0 fully saturated rings. The van der Waals surface area contributed by atoms with Gasteiger partial charge in [0.2, 0.25) is 0 Å². The molecule has 5 heteroatoms. The highest BCUT2D eigenvalue weighted by Gasteiger charge is 2.06. The molecule has 1 aromatic carbocycles. The molecule has 0 saturated heterocycles. The van der Waals surface area contributed by atoms with Crippen molar-refractivity contribution in [3.8, 4) is 11.3 Å². The average Bonchev–Trinajstić information content (AvgIpc) is 2.82. The summed E-state index contributed by atoms with van der Waals surface area (Å²) in [7, 11) is 0. The fourth-order valence-electron chi connectivity index (χ4n) is 1.84. The average molecular weight is 335 g/mol. The highest BCUT2D eigenvalue weighted by atomic mass is 35.5. The van der Waals surface area contributed by atoms with Gasteiger partial charge in [-0.3, -0.25) is 0 Å². The molecule has 0 amide bonds. The molecule has 0 atom stereocenters. The van der Waals surface area contributed by atoms with E-state index in [1.165, 1.54) is 12.8 Å². The predicted molar refractivity (Wildman–Crippen MR) is 88.0 cm³/mol. The fourth-order valence-corrected chi connectivity index (χ4v) is 2.36. The molecule has 0 spiro atoms. The molecule has 0 aliphatic heterocycles. The summed E-state index contributed by atoms with van der Waals surface area (Å²) in [4.78, 5) is 0. The third kappa shape index (κ3) is 5.02. The molecule has 0 unspecified atom stereocenters. The molecule has 2 aromatic rings. The van der Waals surface area contributed by atoms with Crippen LogP contribution in [0.15, 0.2) is 34.7 Å². The Labute approximate surface area is 135 Å². The second-order valence-electron chi connectivity index (χ2n) is 4.45. The second-order valence-corrected chi connectivity index (χ2v) is 5.33. The van der Waals surface area contributed by atoms with E-state index in [0.29, 0.717) is 10.0 Å². The van der Waals surface area contributed by atoms with E-state index < -0.39 is 0 Å². The van der Waals surface area contributed by atoms with Crippen molar-refractivity contribution in [2.75, 3.05) is 6.54 Å². The van der Waals surface area contributed by atoms with Crippen LogP contribution in [0.3, 0.4) is 0 Å². The van der Waals surface area contributed by atoms with Crippen molar-refractivity contribution in [1.29, 1.82) is 0 Å². The van der Waals surface area contributed by atoms with Gasteiger partial charge in [0.25, 0.3) is 0 Å². The minimum Gasteiger partial charge on any atom is -0.460 e. The number of halogens is 3. The lowest BCUT2D eigenvalue weighted by Crippen LogP contribution is -2.13. The van der Waals surface area contributed by atoms with E-state index in [0.717, 1.165) is 30.2 Å². The molecular weight excluding hydrogens is 317 g/mol. The van der Waals surface area contributed by atoms with Gasteiger partial charge in [-0.1, -0.05) is 36.5 Å². The maximum Gasteiger partial charge on any atom is 0.134 e. The Morgan fingerprint density at radius 2 is 1.80 bits per heavy atom. The van der Waals surface area contributed by atoms with Crippen molar-refractivity contribution < 1.29 is 4.42 Å². The minimum atomic E-state index is 0. The van der Waals surface area contributed by atoms with Gasteiger partial charge in [0, 0.05) is 15.6 Å². The number of hydrogen-bond acceptors (Lipinski definition) is 2. The van der Waals surface area contributed by atoms with Crippen LogP contribution in [0.2, 0.25) is 10.0 Å². The molecule has 1 heterocycles. The Bertz CT molecular complexity index is 519. The first-order valence-electron chi connectivity index (χ1n) is 6.45. The van der Waals surface area contributed by atoms with E-state index in [1.807, 2.05) is 24.3 Å². The van der Waals surface area contributed by atoms with Gasteiger partial charge in [-0.25, -0.2) is 0 Å². The molecule has 1 aromatic heterocycles. The molecule has 20 heavy (non-hydrogen) atoms. The smallest absolute Gasteiger partial charge is 0.134 e. The first kappa shape index (κ1) is 17.4. The van der Waals surface area contributed by atoms with Gasteiger partial charge in [-0.05, 0) is 43.3 Å². The maximum absolute atomic E-state index is 5.99. The van der Waals surface area contributed by atoms with Gasteiger partial charge in [-0.2, -0.15) is 0 Å². The summed E-state index contributed by atoms with van der Waals surface area (Å²) in [5.74, 6) is 1.71. The van der Waals surface area contributed by atoms with Crippen LogP contribution in [-0.4, -0.2) is 6.54 Å².